The molecule has 130 valence electrons. The Kier molecular flexibility index (Phi) is 8.03. The second-order valence-corrected chi connectivity index (χ2v) is 7.08. The van der Waals surface area contributed by atoms with Gasteiger partial charge in [0, 0.05) is 13.2 Å². The first-order chi connectivity index (χ1) is 10.8. The number of nitrogens with one attached hydrogen (secondary N) is 1. The molecular formula is C18H29ClN2O2. The van der Waals surface area contributed by atoms with Crippen molar-refractivity contribution in [2.24, 2.45) is 5.73 Å². The van der Waals surface area contributed by atoms with Crippen molar-refractivity contribution in [2.45, 2.75) is 57.9 Å². The molecule has 5 heteroatoms. The van der Waals surface area contributed by atoms with E-state index in [0.717, 1.165) is 29.5 Å². The summed E-state index contributed by atoms with van der Waals surface area (Å²) in [5.74, 6) is -0.255. The number of amides is 1. The van der Waals surface area contributed by atoms with E-state index in [1.54, 1.807) is 0 Å². The zero-order valence-corrected chi connectivity index (χ0v) is 15.4. The summed E-state index contributed by atoms with van der Waals surface area (Å²) in [6, 6.07) is 5.89. The van der Waals surface area contributed by atoms with Crippen molar-refractivity contribution in [1.82, 2.24) is 5.32 Å². The monoisotopic (exact) mass is 340 g/mol. The van der Waals surface area contributed by atoms with Gasteiger partial charge in [0.25, 0.3) is 0 Å². The van der Waals surface area contributed by atoms with Crippen molar-refractivity contribution in [3.63, 3.8) is 0 Å². The minimum atomic E-state index is -0.779. The number of benzene rings is 1. The average molecular weight is 341 g/mol. The second-order valence-electron chi connectivity index (χ2n) is 6.64. The van der Waals surface area contributed by atoms with Crippen LogP contribution >= 0.6 is 11.6 Å². The third kappa shape index (κ3) is 5.79. The van der Waals surface area contributed by atoms with E-state index < -0.39 is 5.38 Å². The topological polar surface area (TPSA) is 64.3 Å². The van der Waals surface area contributed by atoms with E-state index >= 15 is 0 Å². The zero-order chi connectivity index (χ0) is 17.5. The van der Waals surface area contributed by atoms with E-state index in [4.69, 9.17) is 22.1 Å². The normalized spacial score (nSPS) is 13.0. The van der Waals surface area contributed by atoms with Crippen LogP contribution in [0.4, 0.5) is 0 Å². The Morgan fingerprint density at radius 2 is 2.09 bits per heavy atom. The lowest BCUT2D eigenvalue weighted by Crippen LogP contribution is -2.31. The number of alkyl halides is 1. The first-order valence-electron chi connectivity index (χ1n) is 8.14. The first kappa shape index (κ1) is 19.9. The van der Waals surface area contributed by atoms with Gasteiger partial charge in [-0.25, -0.2) is 0 Å². The number of hydrogen-bond acceptors (Lipinski definition) is 3. The van der Waals surface area contributed by atoms with Crippen molar-refractivity contribution in [2.75, 3.05) is 13.3 Å². The molecule has 1 aromatic rings. The van der Waals surface area contributed by atoms with Crippen LogP contribution < -0.4 is 11.1 Å². The highest BCUT2D eigenvalue weighted by atomic mass is 35.5. The van der Waals surface area contributed by atoms with E-state index in [-0.39, 0.29) is 18.1 Å². The fraction of sp³-hybridized carbons (Fsp3) is 0.611. The fourth-order valence-corrected chi connectivity index (χ4v) is 2.74. The largest absolute Gasteiger partial charge is 0.361 e. The second kappa shape index (κ2) is 9.26. The van der Waals surface area contributed by atoms with Gasteiger partial charge in [-0.3, -0.25) is 4.79 Å². The predicted octanol–water partition coefficient (Wildman–Crippen LogP) is 3.61. The zero-order valence-electron chi connectivity index (χ0n) is 14.6. The summed E-state index contributed by atoms with van der Waals surface area (Å²) >= 11 is 6.47. The van der Waals surface area contributed by atoms with Gasteiger partial charge < -0.3 is 15.8 Å². The van der Waals surface area contributed by atoms with E-state index in [1.807, 2.05) is 18.2 Å². The molecule has 1 aromatic carbocycles. The molecule has 0 fully saturated rings. The lowest BCUT2D eigenvalue weighted by atomic mass is 9.81. The third-order valence-electron chi connectivity index (χ3n) is 3.70. The Balaban J connectivity index is 2.89. The molecule has 0 heterocycles. The lowest BCUT2D eigenvalue weighted by molar-refractivity contribution is -0.122. The molecule has 1 atom stereocenters. The Morgan fingerprint density at radius 3 is 2.65 bits per heavy atom. The van der Waals surface area contributed by atoms with Gasteiger partial charge in [0.1, 0.15) is 12.1 Å². The number of unbranched alkanes of at least 4 members (excludes halogenated alkanes) is 1. The molecule has 4 nitrogen and oxygen atoms in total. The minimum Gasteiger partial charge on any atom is -0.361 e. The average Bonchev–Trinajstić information content (AvgIpc) is 2.52. The smallest absolute Gasteiger partial charge is 0.244 e. The lowest BCUT2D eigenvalue weighted by Gasteiger charge is -2.27. The van der Waals surface area contributed by atoms with Gasteiger partial charge in [-0.2, -0.15) is 0 Å². The van der Waals surface area contributed by atoms with Gasteiger partial charge in [0.2, 0.25) is 5.91 Å². The van der Waals surface area contributed by atoms with E-state index in [9.17, 15) is 4.79 Å². The van der Waals surface area contributed by atoms with Crippen LogP contribution in [0.3, 0.4) is 0 Å². The minimum absolute atomic E-state index is 0.119. The number of carbonyl (C=O) groups excluding carboxylic acids is 1. The summed E-state index contributed by atoms with van der Waals surface area (Å²) in [6.07, 6.45) is 2.04. The number of rotatable bonds is 8. The Morgan fingerprint density at radius 1 is 1.39 bits per heavy atom. The van der Waals surface area contributed by atoms with Crippen LogP contribution in [0, 0.1) is 0 Å². The maximum atomic E-state index is 12.4. The molecule has 0 radical (unpaired) electrons. The van der Waals surface area contributed by atoms with Crippen molar-refractivity contribution in [3.05, 3.63) is 34.9 Å². The van der Waals surface area contributed by atoms with Crippen LogP contribution in [-0.4, -0.2) is 19.2 Å². The summed E-state index contributed by atoms with van der Waals surface area (Å²) in [6.45, 7) is 9.55. The van der Waals surface area contributed by atoms with Crippen LogP contribution in [-0.2, 0) is 21.5 Å². The number of halogens is 1. The van der Waals surface area contributed by atoms with Gasteiger partial charge >= 0.3 is 0 Å². The van der Waals surface area contributed by atoms with E-state index in [2.05, 4.69) is 33.0 Å². The molecule has 0 aromatic heterocycles. The van der Waals surface area contributed by atoms with Crippen molar-refractivity contribution >= 4 is 17.5 Å². The predicted molar refractivity (Wildman–Crippen MR) is 95.5 cm³/mol. The number of ether oxygens (including phenoxy) is 1. The molecular weight excluding hydrogens is 312 g/mol. The van der Waals surface area contributed by atoms with Crippen LogP contribution in [0.5, 0.6) is 0 Å². The van der Waals surface area contributed by atoms with Crippen LogP contribution in [0.15, 0.2) is 18.2 Å². The molecule has 0 unspecified atom stereocenters. The van der Waals surface area contributed by atoms with Crippen LogP contribution in [0.1, 0.15) is 62.6 Å². The Bertz CT molecular complexity index is 512. The number of nitrogens with two attached hydrogens (primary N) is 1. The quantitative estimate of drug-likeness (QED) is 0.431. The van der Waals surface area contributed by atoms with Gasteiger partial charge in [-0.05, 0) is 28.5 Å². The molecule has 0 aliphatic carbocycles. The summed E-state index contributed by atoms with van der Waals surface area (Å²) in [5.41, 5.74) is 8.48. The molecule has 0 bridgehead atoms. The van der Waals surface area contributed by atoms with Gasteiger partial charge in [-0.15, -0.1) is 11.6 Å². The van der Waals surface area contributed by atoms with Crippen molar-refractivity contribution in [1.29, 1.82) is 0 Å². The first-order valence-corrected chi connectivity index (χ1v) is 8.58. The number of carbonyl (C=O) groups is 1. The fourth-order valence-electron chi connectivity index (χ4n) is 2.41. The van der Waals surface area contributed by atoms with E-state index in [0.29, 0.717) is 13.2 Å². The number of hydrogen-bond donors (Lipinski definition) is 2. The molecule has 1 amide bonds. The highest BCUT2D eigenvalue weighted by molar-refractivity contribution is 6.31. The van der Waals surface area contributed by atoms with E-state index in [1.165, 1.54) is 0 Å². The molecule has 0 saturated carbocycles. The maximum Gasteiger partial charge on any atom is 0.244 e. The molecule has 0 aliphatic rings. The summed E-state index contributed by atoms with van der Waals surface area (Å²) in [4.78, 5) is 12.4. The Labute approximate surface area is 144 Å². The molecule has 0 saturated heterocycles. The third-order valence-corrected chi connectivity index (χ3v) is 4.12. The SMILES string of the molecule is CCCCOCNC(=O)[C@H](Cl)c1c(CN)cccc1C(C)(C)C. The summed E-state index contributed by atoms with van der Waals surface area (Å²) < 4.78 is 5.37. The highest BCUT2D eigenvalue weighted by Gasteiger charge is 2.27. The van der Waals surface area contributed by atoms with Crippen molar-refractivity contribution < 1.29 is 9.53 Å². The highest BCUT2D eigenvalue weighted by Crippen LogP contribution is 2.35. The molecule has 0 spiro atoms. The molecule has 23 heavy (non-hydrogen) atoms. The Hall–Kier alpha value is -1.10. The van der Waals surface area contributed by atoms with Gasteiger partial charge in [0.05, 0.1) is 0 Å². The van der Waals surface area contributed by atoms with Crippen LogP contribution in [0.25, 0.3) is 0 Å². The molecule has 3 N–H and O–H groups in total. The van der Waals surface area contributed by atoms with Crippen LogP contribution in [0.2, 0.25) is 0 Å². The van der Waals surface area contributed by atoms with Crippen molar-refractivity contribution in [3.8, 4) is 0 Å². The van der Waals surface area contributed by atoms with Gasteiger partial charge in [-0.1, -0.05) is 52.3 Å². The maximum absolute atomic E-state index is 12.4. The summed E-state index contributed by atoms with van der Waals surface area (Å²) in [7, 11) is 0. The molecule has 0 aliphatic heterocycles. The van der Waals surface area contributed by atoms with Gasteiger partial charge in [0.15, 0.2) is 0 Å². The molecule has 1 rings (SSSR count). The summed E-state index contributed by atoms with van der Waals surface area (Å²) in [5, 5.41) is 1.96. The standard InChI is InChI=1S/C18H29ClN2O2/c1-5-6-10-23-12-21-17(22)16(19)15-13(11-20)8-7-9-14(15)18(2,3)4/h7-9,16H,5-6,10-12,20H2,1-4H3,(H,21,22)/t16-/m1/s1.